The zero-order valence-electron chi connectivity index (χ0n) is 9.68. The van der Waals surface area contributed by atoms with Gasteiger partial charge >= 0.3 is 0 Å². The fourth-order valence-electron chi connectivity index (χ4n) is 1.71. The van der Waals surface area contributed by atoms with E-state index in [4.69, 9.17) is 5.73 Å². The average molecular weight is 235 g/mol. The third kappa shape index (κ3) is 2.33. The molecule has 3 nitrogen and oxygen atoms in total. The summed E-state index contributed by atoms with van der Waals surface area (Å²) < 4.78 is 1.82. The number of nitrogens with zero attached hydrogens (tertiary/aromatic N) is 2. The Labute approximate surface area is 99.9 Å². The van der Waals surface area contributed by atoms with E-state index >= 15 is 0 Å². The molecule has 0 bridgehead atoms. The van der Waals surface area contributed by atoms with Gasteiger partial charge in [-0.15, -0.1) is 11.3 Å². The van der Waals surface area contributed by atoms with E-state index in [-0.39, 0.29) is 6.04 Å². The summed E-state index contributed by atoms with van der Waals surface area (Å²) in [6.07, 6.45) is 6.09. The van der Waals surface area contributed by atoms with Gasteiger partial charge in [-0.3, -0.25) is 4.68 Å². The van der Waals surface area contributed by atoms with Crippen molar-refractivity contribution in [2.24, 2.45) is 12.8 Å². The molecule has 0 aliphatic rings. The van der Waals surface area contributed by atoms with Crippen molar-refractivity contribution in [1.29, 1.82) is 0 Å². The quantitative estimate of drug-likeness (QED) is 0.885. The number of hydrogen-bond donors (Lipinski definition) is 1. The van der Waals surface area contributed by atoms with Gasteiger partial charge in [-0.05, 0) is 18.6 Å². The lowest BCUT2D eigenvalue weighted by Gasteiger charge is -2.06. The summed E-state index contributed by atoms with van der Waals surface area (Å²) >= 11 is 1.77. The van der Waals surface area contributed by atoms with Crippen molar-refractivity contribution < 1.29 is 0 Å². The first-order valence-electron chi connectivity index (χ1n) is 5.55. The molecule has 2 N–H and O–H groups in total. The van der Waals surface area contributed by atoms with Gasteiger partial charge in [0, 0.05) is 34.6 Å². The van der Waals surface area contributed by atoms with Crippen LogP contribution < -0.4 is 5.73 Å². The summed E-state index contributed by atoms with van der Waals surface area (Å²) in [5.41, 5.74) is 7.26. The maximum atomic E-state index is 6.09. The average Bonchev–Trinajstić information content (AvgIpc) is 2.85. The monoisotopic (exact) mass is 235 g/mol. The summed E-state index contributed by atoms with van der Waals surface area (Å²) in [7, 11) is 1.93. The van der Waals surface area contributed by atoms with E-state index in [0.717, 1.165) is 12.8 Å². The maximum absolute atomic E-state index is 6.09. The molecule has 2 aromatic heterocycles. The van der Waals surface area contributed by atoms with E-state index in [9.17, 15) is 0 Å². The minimum absolute atomic E-state index is 0.181. The van der Waals surface area contributed by atoms with Gasteiger partial charge in [0.05, 0.1) is 6.20 Å². The van der Waals surface area contributed by atoms with Gasteiger partial charge in [0.1, 0.15) is 0 Å². The van der Waals surface area contributed by atoms with Crippen molar-refractivity contribution in [3.05, 3.63) is 29.4 Å². The molecule has 4 heteroatoms. The van der Waals surface area contributed by atoms with Crippen LogP contribution in [-0.4, -0.2) is 9.78 Å². The van der Waals surface area contributed by atoms with Crippen molar-refractivity contribution >= 4 is 11.3 Å². The Morgan fingerprint density at radius 1 is 1.50 bits per heavy atom. The Kier molecular flexibility index (Phi) is 3.41. The zero-order valence-corrected chi connectivity index (χ0v) is 10.5. The number of aryl methyl sites for hydroxylation is 1. The standard InChI is InChI=1S/C12H17N3S/c1-3-4-10(13)12-6-5-11(16-12)9-7-14-15(2)8-9/h5-8,10H,3-4,13H2,1-2H3. The van der Waals surface area contributed by atoms with Gasteiger partial charge in [0.15, 0.2) is 0 Å². The first-order valence-corrected chi connectivity index (χ1v) is 6.36. The molecule has 0 saturated heterocycles. The number of rotatable bonds is 4. The van der Waals surface area contributed by atoms with E-state index in [1.807, 2.05) is 24.1 Å². The van der Waals surface area contributed by atoms with E-state index in [2.05, 4.69) is 24.2 Å². The van der Waals surface area contributed by atoms with Gasteiger partial charge < -0.3 is 5.73 Å². The molecule has 0 aromatic carbocycles. The fourth-order valence-corrected chi connectivity index (χ4v) is 2.73. The summed E-state index contributed by atoms with van der Waals surface area (Å²) in [5.74, 6) is 0. The van der Waals surface area contributed by atoms with E-state index in [0.29, 0.717) is 0 Å². The van der Waals surface area contributed by atoms with Crippen LogP contribution in [0.1, 0.15) is 30.7 Å². The Morgan fingerprint density at radius 2 is 2.31 bits per heavy atom. The van der Waals surface area contributed by atoms with E-state index in [1.54, 1.807) is 11.3 Å². The summed E-state index contributed by atoms with van der Waals surface area (Å²) in [4.78, 5) is 2.51. The second-order valence-corrected chi connectivity index (χ2v) is 5.12. The van der Waals surface area contributed by atoms with Crippen LogP contribution in [0.4, 0.5) is 0 Å². The lowest BCUT2D eigenvalue weighted by Crippen LogP contribution is -2.07. The first-order chi connectivity index (χ1) is 7.70. The predicted octanol–water partition coefficient (Wildman–Crippen LogP) is 2.95. The molecule has 0 radical (unpaired) electrons. The summed E-state index contributed by atoms with van der Waals surface area (Å²) in [6.45, 7) is 2.16. The van der Waals surface area contributed by atoms with Gasteiger partial charge in [-0.2, -0.15) is 5.10 Å². The number of hydrogen-bond acceptors (Lipinski definition) is 3. The Hall–Kier alpha value is -1.13. The molecule has 2 heterocycles. The Balaban J connectivity index is 2.19. The van der Waals surface area contributed by atoms with Gasteiger partial charge in [-0.1, -0.05) is 13.3 Å². The highest BCUT2D eigenvalue weighted by Crippen LogP contribution is 2.31. The topological polar surface area (TPSA) is 43.8 Å². The summed E-state index contributed by atoms with van der Waals surface area (Å²) in [6, 6.07) is 4.44. The molecule has 0 aliphatic heterocycles. The second-order valence-electron chi connectivity index (χ2n) is 4.00. The van der Waals surface area contributed by atoms with Crippen molar-refractivity contribution in [3.8, 4) is 10.4 Å². The molecule has 0 saturated carbocycles. The molecule has 2 aromatic rings. The molecular formula is C12H17N3S. The normalized spacial score (nSPS) is 12.9. The van der Waals surface area contributed by atoms with Crippen molar-refractivity contribution in [1.82, 2.24) is 9.78 Å². The zero-order chi connectivity index (χ0) is 11.5. The Bertz CT molecular complexity index is 458. The molecule has 0 spiro atoms. The highest BCUT2D eigenvalue weighted by molar-refractivity contribution is 7.15. The highest BCUT2D eigenvalue weighted by atomic mass is 32.1. The van der Waals surface area contributed by atoms with Crippen LogP contribution in [0, 0.1) is 0 Å². The smallest absolute Gasteiger partial charge is 0.0576 e. The number of nitrogens with two attached hydrogens (primary N) is 1. The third-order valence-corrected chi connectivity index (χ3v) is 3.85. The van der Waals surface area contributed by atoms with Crippen molar-refractivity contribution in [2.75, 3.05) is 0 Å². The summed E-state index contributed by atoms with van der Waals surface area (Å²) in [5, 5.41) is 4.18. The lowest BCUT2D eigenvalue weighted by molar-refractivity contribution is 0.648. The van der Waals surface area contributed by atoms with Gasteiger partial charge in [0.2, 0.25) is 0 Å². The number of thiophene rings is 1. The van der Waals surface area contributed by atoms with Crippen LogP contribution in [0.5, 0.6) is 0 Å². The lowest BCUT2D eigenvalue weighted by atomic mass is 10.1. The molecule has 1 unspecified atom stereocenters. The molecule has 0 aliphatic carbocycles. The van der Waals surface area contributed by atoms with Crippen LogP contribution in [0.3, 0.4) is 0 Å². The molecule has 0 amide bonds. The van der Waals surface area contributed by atoms with Gasteiger partial charge in [0.25, 0.3) is 0 Å². The molecule has 16 heavy (non-hydrogen) atoms. The predicted molar refractivity (Wildman–Crippen MR) is 68.4 cm³/mol. The minimum atomic E-state index is 0.181. The fraction of sp³-hybridized carbons (Fsp3) is 0.417. The Morgan fingerprint density at radius 3 is 2.94 bits per heavy atom. The maximum Gasteiger partial charge on any atom is 0.0576 e. The van der Waals surface area contributed by atoms with Crippen molar-refractivity contribution in [2.45, 2.75) is 25.8 Å². The SMILES string of the molecule is CCCC(N)c1ccc(-c2cnn(C)c2)s1. The largest absolute Gasteiger partial charge is 0.323 e. The third-order valence-electron chi connectivity index (χ3n) is 2.58. The minimum Gasteiger partial charge on any atom is -0.323 e. The van der Waals surface area contributed by atoms with E-state index in [1.165, 1.54) is 15.3 Å². The number of aromatic nitrogens is 2. The highest BCUT2D eigenvalue weighted by Gasteiger charge is 2.09. The molecular weight excluding hydrogens is 218 g/mol. The van der Waals surface area contributed by atoms with Crippen LogP contribution in [0.2, 0.25) is 0 Å². The first kappa shape index (κ1) is 11.4. The molecule has 0 fully saturated rings. The van der Waals surface area contributed by atoms with Crippen molar-refractivity contribution in [3.63, 3.8) is 0 Å². The molecule has 1 atom stereocenters. The van der Waals surface area contributed by atoms with Gasteiger partial charge in [-0.25, -0.2) is 0 Å². The van der Waals surface area contributed by atoms with Crippen LogP contribution >= 0.6 is 11.3 Å². The van der Waals surface area contributed by atoms with E-state index < -0.39 is 0 Å². The van der Waals surface area contributed by atoms with Crippen LogP contribution in [-0.2, 0) is 7.05 Å². The van der Waals surface area contributed by atoms with Crippen LogP contribution in [0.25, 0.3) is 10.4 Å². The second kappa shape index (κ2) is 4.80. The van der Waals surface area contributed by atoms with Crippen LogP contribution in [0.15, 0.2) is 24.5 Å². The molecule has 86 valence electrons. The molecule has 2 rings (SSSR count).